The van der Waals surface area contributed by atoms with E-state index in [1.165, 1.54) is 102 Å². The van der Waals surface area contributed by atoms with Crippen LogP contribution in [0.15, 0.2) is 50.4 Å². The number of hydrogen-bond acceptors (Lipinski definition) is 2. The van der Waals surface area contributed by atoms with Gasteiger partial charge in [-0.05, 0) is 12.8 Å². The maximum absolute atomic E-state index is 5.14. The summed E-state index contributed by atoms with van der Waals surface area (Å²) in [6, 6.07) is 0. The lowest BCUT2D eigenvalue weighted by Gasteiger charge is -2.05. The van der Waals surface area contributed by atoms with Crippen molar-refractivity contribution in [2.24, 2.45) is 0 Å². The molecule has 0 amide bonds. The normalized spacial score (nSPS) is 10.3. The van der Waals surface area contributed by atoms with Gasteiger partial charge in [0.15, 0.2) is 0 Å². The second-order valence-corrected chi connectivity index (χ2v) is 7.10. The van der Waals surface area contributed by atoms with Crippen molar-refractivity contribution in [1.82, 2.24) is 0 Å². The lowest BCUT2D eigenvalue weighted by molar-refractivity contribution is 0.331. The van der Waals surface area contributed by atoms with E-state index in [9.17, 15) is 0 Å². The van der Waals surface area contributed by atoms with Gasteiger partial charge in [-0.2, -0.15) is 0 Å². The molecule has 0 aromatic rings. The molecule has 0 saturated heterocycles. The Hall–Kier alpha value is -1.44. The van der Waals surface area contributed by atoms with Gasteiger partial charge in [0.05, 0.1) is 24.0 Å². The molecule has 0 bridgehead atoms. The van der Waals surface area contributed by atoms with Gasteiger partial charge in [0, 0.05) is 12.8 Å². The van der Waals surface area contributed by atoms with E-state index in [0.29, 0.717) is 0 Å². The minimum Gasteiger partial charge on any atom is -0.471 e. The van der Waals surface area contributed by atoms with Crippen LogP contribution < -0.4 is 0 Å². The Kier molecular flexibility index (Phi) is 18.8. The number of rotatable bonds is 21. The van der Waals surface area contributed by atoms with E-state index in [-0.39, 0.29) is 0 Å². The summed E-state index contributed by atoms with van der Waals surface area (Å²) in [5, 5.41) is 0. The van der Waals surface area contributed by atoms with Crippen LogP contribution >= 0.6 is 0 Å². The minimum atomic E-state index is 0.840. The molecule has 0 rings (SSSR count). The average Bonchev–Trinajstić information content (AvgIpc) is 2.61. The van der Waals surface area contributed by atoms with E-state index < -0.39 is 0 Å². The van der Waals surface area contributed by atoms with Gasteiger partial charge in [-0.1, -0.05) is 103 Å². The SMILES string of the molecule is C=COC(=C)CCCCCCCCCCCCCCCCC(=C)OC=C. The van der Waals surface area contributed by atoms with E-state index in [1.807, 2.05) is 0 Å². The summed E-state index contributed by atoms with van der Waals surface area (Å²) in [5.41, 5.74) is 0. The van der Waals surface area contributed by atoms with Crippen LogP contribution in [0, 0.1) is 0 Å². The summed E-state index contributed by atoms with van der Waals surface area (Å²) in [7, 11) is 0. The molecule has 0 unspecified atom stereocenters. The number of ether oxygens (including phenoxy) is 2. The second kappa shape index (κ2) is 19.9. The predicted molar refractivity (Wildman–Crippen MR) is 115 cm³/mol. The highest BCUT2D eigenvalue weighted by molar-refractivity contribution is 4.84. The molecule has 26 heavy (non-hydrogen) atoms. The molecule has 0 fully saturated rings. The summed E-state index contributed by atoms with van der Waals surface area (Å²) in [6.45, 7) is 14.8. The molecule has 2 heteroatoms. The summed E-state index contributed by atoms with van der Waals surface area (Å²) >= 11 is 0. The molecule has 0 aliphatic carbocycles. The van der Waals surface area contributed by atoms with E-state index in [2.05, 4.69) is 26.3 Å². The second-order valence-electron chi connectivity index (χ2n) is 7.10. The van der Waals surface area contributed by atoms with Crippen LogP contribution in [0.4, 0.5) is 0 Å². The highest BCUT2D eigenvalue weighted by Gasteiger charge is 1.97. The first-order valence-corrected chi connectivity index (χ1v) is 10.6. The van der Waals surface area contributed by atoms with E-state index in [0.717, 1.165) is 24.4 Å². The van der Waals surface area contributed by atoms with Gasteiger partial charge in [0.25, 0.3) is 0 Å². The summed E-state index contributed by atoms with van der Waals surface area (Å²) < 4.78 is 10.3. The van der Waals surface area contributed by atoms with Gasteiger partial charge in [0.2, 0.25) is 0 Å². The van der Waals surface area contributed by atoms with Crippen molar-refractivity contribution in [3.8, 4) is 0 Å². The highest BCUT2D eigenvalue weighted by atomic mass is 16.5. The number of unbranched alkanes of at least 4 members (excludes halogenated alkanes) is 13. The summed E-state index contributed by atoms with van der Waals surface area (Å²) in [5.74, 6) is 1.68. The van der Waals surface area contributed by atoms with Crippen LogP contribution in [0.5, 0.6) is 0 Å². The molecule has 150 valence electrons. The van der Waals surface area contributed by atoms with Crippen LogP contribution in [0.25, 0.3) is 0 Å². The number of hydrogen-bond donors (Lipinski definition) is 0. The molecule has 0 aromatic carbocycles. The Morgan fingerprint density at radius 1 is 0.462 bits per heavy atom. The van der Waals surface area contributed by atoms with Gasteiger partial charge in [-0.3, -0.25) is 0 Å². The topological polar surface area (TPSA) is 18.5 Å². The standard InChI is InChI=1S/C24H42O2/c1-5-25-23(3)21-19-17-15-13-11-9-7-8-10-12-14-16-18-20-22-24(4)26-6-2/h5-6H,1-4,7-22H2. The largest absolute Gasteiger partial charge is 0.471 e. The number of allylic oxidation sites excluding steroid dienone is 2. The quantitative estimate of drug-likeness (QED) is 0.150. The highest BCUT2D eigenvalue weighted by Crippen LogP contribution is 2.15. The van der Waals surface area contributed by atoms with E-state index in [4.69, 9.17) is 9.47 Å². The Balaban J connectivity index is 3.11. The molecular weight excluding hydrogens is 320 g/mol. The Bertz CT molecular complexity index is 334. The van der Waals surface area contributed by atoms with E-state index >= 15 is 0 Å². The van der Waals surface area contributed by atoms with Crippen molar-refractivity contribution in [2.45, 2.75) is 103 Å². The third-order valence-electron chi connectivity index (χ3n) is 4.66. The van der Waals surface area contributed by atoms with E-state index in [1.54, 1.807) is 0 Å². The van der Waals surface area contributed by atoms with Crippen LogP contribution in [-0.4, -0.2) is 0 Å². The zero-order chi connectivity index (χ0) is 19.3. The fourth-order valence-electron chi connectivity index (χ4n) is 3.12. The van der Waals surface area contributed by atoms with Crippen LogP contribution in [0.3, 0.4) is 0 Å². The van der Waals surface area contributed by atoms with Gasteiger partial charge in [-0.15, -0.1) is 0 Å². The van der Waals surface area contributed by atoms with Crippen molar-refractivity contribution in [3.63, 3.8) is 0 Å². The fourth-order valence-corrected chi connectivity index (χ4v) is 3.12. The third-order valence-corrected chi connectivity index (χ3v) is 4.66. The van der Waals surface area contributed by atoms with Gasteiger partial charge in [-0.25, -0.2) is 0 Å². The molecule has 0 saturated carbocycles. The Labute approximate surface area is 163 Å². The molecule has 0 heterocycles. The lowest BCUT2D eigenvalue weighted by atomic mass is 10.0. The Morgan fingerprint density at radius 2 is 0.692 bits per heavy atom. The third kappa shape index (κ3) is 18.9. The zero-order valence-electron chi connectivity index (χ0n) is 17.1. The fraction of sp³-hybridized carbons (Fsp3) is 0.667. The smallest absolute Gasteiger partial charge is 0.0960 e. The average molecular weight is 363 g/mol. The first-order valence-electron chi connectivity index (χ1n) is 10.6. The zero-order valence-corrected chi connectivity index (χ0v) is 17.1. The van der Waals surface area contributed by atoms with Crippen LogP contribution in [-0.2, 0) is 9.47 Å². The van der Waals surface area contributed by atoms with Crippen LogP contribution in [0.1, 0.15) is 103 Å². The molecule has 0 spiro atoms. The molecular formula is C24H42O2. The molecule has 0 atom stereocenters. The maximum atomic E-state index is 5.14. The lowest BCUT2D eigenvalue weighted by Crippen LogP contribution is -1.86. The first-order chi connectivity index (χ1) is 12.7. The van der Waals surface area contributed by atoms with Crippen molar-refractivity contribution in [3.05, 3.63) is 50.4 Å². The molecule has 0 aliphatic heterocycles. The molecule has 0 aliphatic rings. The van der Waals surface area contributed by atoms with Gasteiger partial charge < -0.3 is 9.47 Å². The molecule has 0 N–H and O–H groups in total. The van der Waals surface area contributed by atoms with Crippen molar-refractivity contribution < 1.29 is 9.47 Å². The predicted octanol–water partition coefficient (Wildman–Crippen LogP) is 8.58. The van der Waals surface area contributed by atoms with Gasteiger partial charge in [0.1, 0.15) is 0 Å². The van der Waals surface area contributed by atoms with Crippen molar-refractivity contribution in [1.29, 1.82) is 0 Å². The summed E-state index contributed by atoms with van der Waals surface area (Å²) in [6.07, 6.45) is 23.6. The summed E-state index contributed by atoms with van der Waals surface area (Å²) in [4.78, 5) is 0. The van der Waals surface area contributed by atoms with Crippen LogP contribution in [0.2, 0.25) is 0 Å². The maximum Gasteiger partial charge on any atom is 0.0960 e. The Morgan fingerprint density at radius 3 is 0.923 bits per heavy atom. The van der Waals surface area contributed by atoms with Crippen molar-refractivity contribution >= 4 is 0 Å². The molecule has 0 aromatic heterocycles. The monoisotopic (exact) mass is 362 g/mol. The van der Waals surface area contributed by atoms with Crippen molar-refractivity contribution in [2.75, 3.05) is 0 Å². The molecule has 2 nitrogen and oxygen atoms in total. The first kappa shape index (κ1) is 24.6. The molecule has 0 radical (unpaired) electrons. The van der Waals surface area contributed by atoms with Gasteiger partial charge >= 0.3 is 0 Å². The minimum absolute atomic E-state index is 0.840.